The van der Waals surface area contributed by atoms with E-state index in [2.05, 4.69) is 174 Å². The first-order valence-corrected chi connectivity index (χ1v) is 22.8. The van der Waals surface area contributed by atoms with Gasteiger partial charge in [0.05, 0.1) is 16.7 Å². The summed E-state index contributed by atoms with van der Waals surface area (Å²) in [6.07, 6.45) is 1.98. The maximum Gasteiger partial charge on any atom is 0.166 e. The molecule has 0 N–H and O–H groups in total. The van der Waals surface area contributed by atoms with Crippen molar-refractivity contribution in [1.82, 2.24) is 24.5 Å². The Balaban J connectivity index is 1.07. The average Bonchev–Trinajstić information content (AvgIpc) is 3.97. The number of aromatic nitrogens is 5. The molecule has 0 fully saturated rings. The molecule has 0 aliphatic carbocycles. The van der Waals surface area contributed by atoms with Crippen molar-refractivity contribution in [3.63, 3.8) is 0 Å². The molecule has 0 atom stereocenters. The topological polar surface area (TPSA) is 69.6 Å². The highest BCUT2D eigenvalue weighted by Crippen LogP contribution is 2.44. The molecule has 0 saturated carbocycles. The van der Waals surface area contributed by atoms with Crippen LogP contribution in [0, 0.1) is 0 Å². The standard InChI is InChI=1S/C62H39N5O/c1-6-18-40(19-7-1)45-34-46(41-20-8-2-9-21-41)36-47(35-45)48-38-52(62-65-60(42-22-10-3-11-23-42)64-61(66-62)43-24-12-4-13-25-43)59(63-39-48)44-30-32-55-51(37-44)58-56(68-55)33-31-54-57(58)50-28-16-17-29-53(50)67(54)49-26-14-5-15-27-49/h1-39H. The largest absolute Gasteiger partial charge is 0.456 e. The molecule has 6 nitrogen and oxygen atoms in total. The Morgan fingerprint density at radius 1 is 0.324 bits per heavy atom. The third kappa shape index (κ3) is 6.82. The van der Waals surface area contributed by atoms with Crippen molar-refractivity contribution in [2.24, 2.45) is 0 Å². The Kier molecular flexibility index (Phi) is 9.39. The number of rotatable bonds is 8. The zero-order chi connectivity index (χ0) is 45.0. The Labute approximate surface area is 392 Å². The van der Waals surface area contributed by atoms with E-state index in [9.17, 15) is 0 Å². The van der Waals surface area contributed by atoms with E-state index in [1.807, 2.05) is 66.9 Å². The summed E-state index contributed by atoms with van der Waals surface area (Å²) in [4.78, 5) is 21.0. The van der Waals surface area contributed by atoms with Gasteiger partial charge in [0, 0.05) is 61.2 Å². The summed E-state index contributed by atoms with van der Waals surface area (Å²) in [7, 11) is 0. The summed E-state index contributed by atoms with van der Waals surface area (Å²) >= 11 is 0. The number of hydrogen-bond donors (Lipinski definition) is 0. The predicted molar refractivity (Wildman–Crippen MR) is 277 cm³/mol. The molecule has 0 amide bonds. The Bertz CT molecular complexity index is 3880. The van der Waals surface area contributed by atoms with E-state index in [1.165, 1.54) is 0 Å². The second-order valence-electron chi connectivity index (χ2n) is 17.0. The molecule has 9 aromatic carbocycles. The summed E-state index contributed by atoms with van der Waals surface area (Å²) in [5.41, 5.74) is 15.7. The van der Waals surface area contributed by atoms with Gasteiger partial charge in [0.25, 0.3) is 0 Å². The number of benzene rings is 9. The third-order valence-corrected chi connectivity index (χ3v) is 12.9. The lowest BCUT2D eigenvalue weighted by atomic mass is 9.92. The van der Waals surface area contributed by atoms with Crippen molar-refractivity contribution < 1.29 is 4.42 Å². The summed E-state index contributed by atoms with van der Waals surface area (Å²) in [6, 6.07) is 80.1. The van der Waals surface area contributed by atoms with E-state index < -0.39 is 0 Å². The third-order valence-electron chi connectivity index (χ3n) is 12.9. The van der Waals surface area contributed by atoms with Crippen LogP contribution in [0.3, 0.4) is 0 Å². The van der Waals surface area contributed by atoms with Gasteiger partial charge < -0.3 is 8.98 Å². The normalized spacial score (nSPS) is 11.5. The molecule has 0 aliphatic heterocycles. The fourth-order valence-electron chi connectivity index (χ4n) is 9.67. The van der Waals surface area contributed by atoms with Gasteiger partial charge in [-0.25, -0.2) is 15.0 Å². The fourth-order valence-corrected chi connectivity index (χ4v) is 9.67. The van der Waals surface area contributed by atoms with E-state index in [1.54, 1.807) is 0 Å². The molecular weight excluding hydrogens is 831 g/mol. The van der Waals surface area contributed by atoms with Crippen LogP contribution in [0.1, 0.15) is 0 Å². The summed E-state index contributed by atoms with van der Waals surface area (Å²) in [5.74, 6) is 1.68. The molecule has 0 bridgehead atoms. The van der Waals surface area contributed by atoms with E-state index in [4.69, 9.17) is 24.4 Å². The van der Waals surface area contributed by atoms with Crippen LogP contribution in [0.2, 0.25) is 0 Å². The van der Waals surface area contributed by atoms with Crippen LogP contribution in [0.25, 0.3) is 128 Å². The van der Waals surface area contributed by atoms with E-state index >= 15 is 0 Å². The van der Waals surface area contributed by atoms with Crippen LogP contribution in [0.15, 0.2) is 241 Å². The van der Waals surface area contributed by atoms with Crippen molar-refractivity contribution in [2.75, 3.05) is 0 Å². The van der Waals surface area contributed by atoms with Crippen molar-refractivity contribution in [1.29, 1.82) is 0 Å². The predicted octanol–water partition coefficient (Wildman–Crippen LogP) is 15.9. The van der Waals surface area contributed by atoms with Crippen LogP contribution in [-0.2, 0) is 0 Å². The molecule has 13 aromatic rings. The molecule has 4 heterocycles. The van der Waals surface area contributed by atoms with Gasteiger partial charge in [0.15, 0.2) is 17.5 Å². The molecule has 318 valence electrons. The highest BCUT2D eigenvalue weighted by atomic mass is 16.3. The van der Waals surface area contributed by atoms with E-state index in [0.717, 1.165) is 111 Å². The maximum atomic E-state index is 6.67. The first kappa shape index (κ1) is 39.1. The van der Waals surface area contributed by atoms with E-state index in [0.29, 0.717) is 17.5 Å². The monoisotopic (exact) mass is 869 g/mol. The Hall–Kier alpha value is -9.26. The van der Waals surface area contributed by atoms with Crippen LogP contribution in [0.5, 0.6) is 0 Å². The van der Waals surface area contributed by atoms with Crippen LogP contribution in [-0.4, -0.2) is 24.5 Å². The molecule has 0 saturated heterocycles. The molecule has 0 unspecified atom stereocenters. The molecule has 0 spiro atoms. The minimum atomic E-state index is 0.523. The fraction of sp³-hybridized carbons (Fsp3) is 0. The van der Waals surface area contributed by atoms with Crippen LogP contribution in [0.4, 0.5) is 0 Å². The average molecular weight is 870 g/mol. The summed E-state index contributed by atoms with van der Waals surface area (Å²) in [6.45, 7) is 0. The van der Waals surface area contributed by atoms with Crippen molar-refractivity contribution >= 4 is 43.7 Å². The smallest absolute Gasteiger partial charge is 0.166 e. The Morgan fingerprint density at radius 3 is 1.46 bits per heavy atom. The van der Waals surface area contributed by atoms with Gasteiger partial charge >= 0.3 is 0 Å². The van der Waals surface area contributed by atoms with Crippen molar-refractivity contribution in [2.45, 2.75) is 0 Å². The number of pyridine rings is 1. The number of hydrogen-bond acceptors (Lipinski definition) is 5. The minimum absolute atomic E-state index is 0.523. The SMILES string of the molecule is c1ccc(-c2cc(-c3ccccc3)cc(-c3cnc(-c4ccc5oc6ccc7c(c8ccccc8n7-c7ccccc7)c6c5c4)c(-c4nc(-c5ccccc5)nc(-c5ccccc5)n4)c3)c2)cc1. The Morgan fingerprint density at radius 2 is 0.838 bits per heavy atom. The number of nitrogens with zero attached hydrogens (tertiary/aromatic N) is 5. The molecule has 0 aliphatic rings. The van der Waals surface area contributed by atoms with Gasteiger partial charge in [-0.15, -0.1) is 0 Å². The van der Waals surface area contributed by atoms with Gasteiger partial charge in [-0.1, -0.05) is 158 Å². The minimum Gasteiger partial charge on any atom is -0.456 e. The van der Waals surface area contributed by atoms with Crippen LogP contribution >= 0.6 is 0 Å². The molecule has 13 rings (SSSR count). The van der Waals surface area contributed by atoms with Gasteiger partial charge in [-0.2, -0.15) is 0 Å². The van der Waals surface area contributed by atoms with Gasteiger partial charge in [-0.05, 0) is 101 Å². The molecule has 4 aromatic heterocycles. The van der Waals surface area contributed by atoms with Gasteiger partial charge in [0.2, 0.25) is 0 Å². The maximum absolute atomic E-state index is 6.67. The highest BCUT2D eigenvalue weighted by Gasteiger charge is 2.22. The molecule has 68 heavy (non-hydrogen) atoms. The van der Waals surface area contributed by atoms with Gasteiger partial charge in [-0.3, -0.25) is 4.98 Å². The summed E-state index contributed by atoms with van der Waals surface area (Å²) < 4.78 is 9.01. The second-order valence-corrected chi connectivity index (χ2v) is 17.0. The molecular formula is C62H39N5O. The van der Waals surface area contributed by atoms with E-state index in [-0.39, 0.29) is 0 Å². The molecule has 0 radical (unpaired) electrons. The number of fused-ring (bicyclic) bond motifs is 7. The lowest BCUT2D eigenvalue weighted by Crippen LogP contribution is -2.02. The highest BCUT2D eigenvalue weighted by molar-refractivity contribution is 6.27. The zero-order valence-electron chi connectivity index (χ0n) is 36.7. The van der Waals surface area contributed by atoms with Crippen LogP contribution < -0.4 is 0 Å². The lowest BCUT2D eigenvalue weighted by Gasteiger charge is -2.15. The first-order chi connectivity index (χ1) is 33.7. The number of furan rings is 1. The molecule has 6 heteroatoms. The second kappa shape index (κ2) is 16.3. The summed E-state index contributed by atoms with van der Waals surface area (Å²) in [5, 5.41) is 4.37. The quantitative estimate of drug-likeness (QED) is 0.152. The van der Waals surface area contributed by atoms with Crippen molar-refractivity contribution in [3.05, 3.63) is 237 Å². The number of para-hydroxylation sites is 2. The zero-order valence-corrected chi connectivity index (χ0v) is 36.7. The first-order valence-electron chi connectivity index (χ1n) is 22.8. The lowest BCUT2D eigenvalue weighted by molar-refractivity contribution is 0.669. The van der Waals surface area contributed by atoms with Gasteiger partial charge in [0.1, 0.15) is 11.2 Å². The van der Waals surface area contributed by atoms with Crippen molar-refractivity contribution in [3.8, 4) is 84.5 Å².